The standard InChI is InChI=1S/C19H29ClN4O/c1-2-23-8-4-7-18(23)14-21-19(25)24-11-9-22(10-12-24)15-16-5-3-6-17(20)13-16/h3,5-6,13,18H,2,4,7-12,14-15H2,1H3,(H,21,25). The third kappa shape index (κ3) is 5.09. The lowest BCUT2D eigenvalue weighted by molar-refractivity contribution is 0.133. The van der Waals surface area contributed by atoms with Gasteiger partial charge in [0.1, 0.15) is 0 Å². The van der Waals surface area contributed by atoms with E-state index >= 15 is 0 Å². The number of rotatable bonds is 5. The van der Waals surface area contributed by atoms with E-state index in [0.717, 1.165) is 50.8 Å². The molecule has 2 saturated heterocycles. The van der Waals surface area contributed by atoms with Gasteiger partial charge in [0.15, 0.2) is 0 Å². The van der Waals surface area contributed by atoms with Crippen LogP contribution in [-0.2, 0) is 6.54 Å². The lowest BCUT2D eigenvalue weighted by Crippen LogP contribution is -2.53. The third-order valence-corrected chi connectivity index (χ3v) is 5.58. The molecule has 1 unspecified atom stereocenters. The molecule has 2 aliphatic heterocycles. The molecule has 0 aromatic heterocycles. The largest absolute Gasteiger partial charge is 0.336 e. The Bertz CT molecular complexity index is 574. The number of nitrogens with one attached hydrogen (secondary N) is 1. The summed E-state index contributed by atoms with van der Waals surface area (Å²) in [6.07, 6.45) is 2.44. The zero-order chi connectivity index (χ0) is 17.6. The molecule has 2 fully saturated rings. The fourth-order valence-corrected chi connectivity index (χ4v) is 4.08. The molecule has 6 heteroatoms. The van der Waals surface area contributed by atoms with Gasteiger partial charge in [0.25, 0.3) is 0 Å². The molecule has 2 aliphatic rings. The maximum atomic E-state index is 12.4. The van der Waals surface area contributed by atoms with E-state index in [4.69, 9.17) is 11.6 Å². The average molecular weight is 365 g/mol. The first-order valence-corrected chi connectivity index (χ1v) is 9.77. The normalized spacial score (nSPS) is 22.3. The van der Waals surface area contributed by atoms with Crippen LogP contribution in [0.3, 0.4) is 0 Å². The number of likely N-dealkylation sites (N-methyl/N-ethyl adjacent to an activating group) is 1. The molecule has 0 radical (unpaired) electrons. The number of likely N-dealkylation sites (tertiary alicyclic amines) is 1. The van der Waals surface area contributed by atoms with Gasteiger partial charge >= 0.3 is 6.03 Å². The number of hydrogen-bond donors (Lipinski definition) is 1. The number of urea groups is 1. The molecule has 2 amide bonds. The Balaban J connectivity index is 1.40. The lowest BCUT2D eigenvalue weighted by Gasteiger charge is -2.35. The van der Waals surface area contributed by atoms with Crippen molar-refractivity contribution in [2.75, 3.05) is 45.8 Å². The smallest absolute Gasteiger partial charge is 0.317 e. The number of nitrogens with zero attached hydrogens (tertiary/aromatic N) is 3. The lowest BCUT2D eigenvalue weighted by atomic mass is 10.2. The fraction of sp³-hybridized carbons (Fsp3) is 0.632. The SMILES string of the molecule is CCN1CCCC1CNC(=O)N1CCN(Cc2cccc(Cl)c2)CC1. The summed E-state index contributed by atoms with van der Waals surface area (Å²) >= 11 is 6.05. The molecule has 1 aromatic carbocycles. The number of amides is 2. The molecule has 1 aromatic rings. The van der Waals surface area contributed by atoms with E-state index in [0.29, 0.717) is 6.04 Å². The molecule has 25 heavy (non-hydrogen) atoms. The minimum Gasteiger partial charge on any atom is -0.336 e. The average Bonchev–Trinajstić information content (AvgIpc) is 3.08. The summed E-state index contributed by atoms with van der Waals surface area (Å²) in [6, 6.07) is 8.61. The summed E-state index contributed by atoms with van der Waals surface area (Å²) in [7, 11) is 0. The Labute approximate surface area is 155 Å². The van der Waals surface area contributed by atoms with E-state index in [-0.39, 0.29) is 6.03 Å². The zero-order valence-electron chi connectivity index (χ0n) is 15.1. The highest BCUT2D eigenvalue weighted by molar-refractivity contribution is 6.30. The van der Waals surface area contributed by atoms with Crippen LogP contribution in [0, 0.1) is 0 Å². The topological polar surface area (TPSA) is 38.8 Å². The minimum absolute atomic E-state index is 0.0883. The maximum Gasteiger partial charge on any atom is 0.317 e. The second kappa shape index (κ2) is 8.88. The number of benzene rings is 1. The molecule has 0 bridgehead atoms. The van der Waals surface area contributed by atoms with Gasteiger partial charge in [-0.25, -0.2) is 4.79 Å². The molecular formula is C19H29ClN4O. The Morgan fingerprint density at radius 3 is 2.76 bits per heavy atom. The van der Waals surface area contributed by atoms with Crippen LogP contribution in [0.2, 0.25) is 5.02 Å². The molecule has 138 valence electrons. The molecule has 1 atom stereocenters. The summed E-state index contributed by atoms with van der Waals surface area (Å²) in [4.78, 5) is 19.2. The van der Waals surface area contributed by atoms with Crippen LogP contribution in [0.5, 0.6) is 0 Å². The number of carbonyl (C=O) groups excluding carboxylic acids is 1. The highest BCUT2D eigenvalue weighted by atomic mass is 35.5. The van der Waals surface area contributed by atoms with Crippen molar-refractivity contribution in [2.45, 2.75) is 32.4 Å². The Morgan fingerprint density at radius 2 is 2.04 bits per heavy atom. The molecule has 0 aliphatic carbocycles. The summed E-state index contributed by atoms with van der Waals surface area (Å²) in [5, 5.41) is 3.92. The van der Waals surface area contributed by atoms with Crippen LogP contribution in [0.25, 0.3) is 0 Å². The van der Waals surface area contributed by atoms with Crippen molar-refractivity contribution in [1.82, 2.24) is 20.0 Å². The van der Waals surface area contributed by atoms with Gasteiger partial charge in [-0.2, -0.15) is 0 Å². The first kappa shape index (κ1) is 18.5. The highest BCUT2D eigenvalue weighted by Crippen LogP contribution is 2.16. The van der Waals surface area contributed by atoms with Crippen LogP contribution in [0.15, 0.2) is 24.3 Å². The van der Waals surface area contributed by atoms with Crippen LogP contribution >= 0.6 is 11.6 Å². The van der Waals surface area contributed by atoms with Crippen LogP contribution in [0.1, 0.15) is 25.3 Å². The Kier molecular flexibility index (Phi) is 6.57. The van der Waals surface area contributed by atoms with Gasteiger partial charge in [-0.05, 0) is 43.6 Å². The Morgan fingerprint density at radius 1 is 1.24 bits per heavy atom. The molecule has 0 saturated carbocycles. The van der Waals surface area contributed by atoms with Gasteiger partial charge in [-0.3, -0.25) is 9.80 Å². The van der Waals surface area contributed by atoms with Crippen molar-refractivity contribution in [1.29, 1.82) is 0 Å². The number of halogens is 1. The van der Waals surface area contributed by atoms with Crippen molar-refractivity contribution in [3.63, 3.8) is 0 Å². The highest BCUT2D eigenvalue weighted by Gasteiger charge is 2.25. The second-order valence-electron chi connectivity index (χ2n) is 7.00. The Hall–Kier alpha value is -1.30. The van der Waals surface area contributed by atoms with E-state index in [1.165, 1.54) is 24.9 Å². The molecule has 2 heterocycles. The third-order valence-electron chi connectivity index (χ3n) is 5.35. The molecule has 1 N–H and O–H groups in total. The van der Waals surface area contributed by atoms with Gasteiger partial charge in [-0.15, -0.1) is 0 Å². The zero-order valence-corrected chi connectivity index (χ0v) is 15.8. The van der Waals surface area contributed by atoms with Gasteiger partial charge < -0.3 is 10.2 Å². The van der Waals surface area contributed by atoms with E-state index in [9.17, 15) is 4.79 Å². The molecule has 0 spiro atoms. The van der Waals surface area contributed by atoms with Crippen molar-refractivity contribution in [2.24, 2.45) is 0 Å². The fourth-order valence-electron chi connectivity index (χ4n) is 3.86. The van der Waals surface area contributed by atoms with Crippen LogP contribution < -0.4 is 5.32 Å². The number of hydrogen-bond acceptors (Lipinski definition) is 3. The monoisotopic (exact) mass is 364 g/mol. The van der Waals surface area contributed by atoms with Crippen molar-refractivity contribution in [3.05, 3.63) is 34.9 Å². The van der Waals surface area contributed by atoms with Crippen molar-refractivity contribution in [3.8, 4) is 0 Å². The van der Waals surface area contributed by atoms with Crippen LogP contribution in [0.4, 0.5) is 4.79 Å². The first-order valence-electron chi connectivity index (χ1n) is 9.39. The van der Waals surface area contributed by atoms with Gasteiger partial charge in [0.05, 0.1) is 0 Å². The second-order valence-corrected chi connectivity index (χ2v) is 7.44. The molecule has 5 nitrogen and oxygen atoms in total. The van der Waals surface area contributed by atoms with Gasteiger partial charge in [0, 0.05) is 50.3 Å². The quantitative estimate of drug-likeness (QED) is 0.873. The van der Waals surface area contributed by atoms with Gasteiger partial charge in [0.2, 0.25) is 0 Å². The van der Waals surface area contributed by atoms with Crippen LogP contribution in [-0.4, -0.2) is 72.6 Å². The molecule has 3 rings (SSSR count). The molecular weight excluding hydrogens is 336 g/mol. The summed E-state index contributed by atoms with van der Waals surface area (Å²) in [5.74, 6) is 0. The van der Waals surface area contributed by atoms with Crippen molar-refractivity contribution < 1.29 is 4.79 Å². The minimum atomic E-state index is 0.0883. The van der Waals surface area contributed by atoms with E-state index < -0.39 is 0 Å². The van der Waals surface area contributed by atoms with Gasteiger partial charge in [-0.1, -0.05) is 30.7 Å². The summed E-state index contributed by atoms with van der Waals surface area (Å²) < 4.78 is 0. The van der Waals surface area contributed by atoms with E-state index in [2.05, 4.69) is 28.1 Å². The summed E-state index contributed by atoms with van der Waals surface area (Å²) in [6.45, 7) is 9.48. The first-order chi connectivity index (χ1) is 12.2. The summed E-state index contributed by atoms with van der Waals surface area (Å²) in [5.41, 5.74) is 1.23. The predicted molar refractivity (Wildman–Crippen MR) is 102 cm³/mol. The number of carbonyl (C=O) groups is 1. The van der Waals surface area contributed by atoms with E-state index in [1.54, 1.807) is 0 Å². The maximum absolute atomic E-state index is 12.4. The van der Waals surface area contributed by atoms with Crippen molar-refractivity contribution >= 4 is 17.6 Å². The van der Waals surface area contributed by atoms with E-state index in [1.807, 2.05) is 23.1 Å². The number of piperazine rings is 1. The predicted octanol–water partition coefficient (Wildman–Crippen LogP) is 2.65.